The smallest absolute Gasteiger partial charge is 0.245 e. The maximum atomic E-state index is 14.3. The minimum Gasteiger partial charge on any atom is -0.495 e. The predicted octanol–water partition coefficient (Wildman–Crippen LogP) is 10.1. The van der Waals surface area contributed by atoms with E-state index >= 15 is 0 Å². The summed E-state index contributed by atoms with van der Waals surface area (Å²) < 4.78 is 2.17. The van der Waals surface area contributed by atoms with Gasteiger partial charge in [-0.3, -0.25) is 19.3 Å². The van der Waals surface area contributed by atoms with Crippen LogP contribution < -0.4 is 4.90 Å². The van der Waals surface area contributed by atoms with Gasteiger partial charge in [-0.1, -0.05) is 86.7 Å². The lowest BCUT2D eigenvalue weighted by Crippen LogP contribution is -2.47. The molecule has 4 aliphatic rings. The molecule has 3 aliphatic heterocycles. The molecule has 0 spiro atoms. The third-order valence-electron chi connectivity index (χ3n) is 12.9. The molecule has 4 aromatic rings. The van der Waals surface area contributed by atoms with Crippen LogP contribution in [0, 0.1) is 5.92 Å². The van der Waals surface area contributed by atoms with Gasteiger partial charge in [-0.25, -0.2) is 0 Å². The Morgan fingerprint density at radius 1 is 0.820 bits per heavy atom. The number of aliphatic hydroxyl groups is 1. The first kappa shape index (κ1) is 41.4. The zero-order valence-corrected chi connectivity index (χ0v) is 36.6. The number of rotatable bonds is 9. The molecule has 1 amide bonds. The van der Waals surface area contributed by atoms with Crippen molar-refractivity contribution in [2.75, 3.05) is 25.5 Å². The number of carbonyl (C=O) groups is 3. The molecule has 0 aromatic heterocycles. The number of fused-ring (bicyclic) bond motifs is 2. The number of aliphatic imine (C=N–C) groups is 1. The van der Waals surface area contributed by atoms with Crippen LogP contribution in [0.1, 0.15) is 96.9 Å². The highest BCUT2D eigenvalue weighted by atomic mass is 32.1. The number of amides is 1. The van der Waals surface area contributed by atoms with Crippen LogP contribution in [-0.2, 0) is 15.6 Å². The molecule has 61 heavy (non-hydrogen) atoms. The van der Waals surface area contributed by atoms with Gasteiger partial charge in [0.25, 0.3) is 0 Å². The fourth-order valence-electron chi connectivity index (χ4n) is 9.62. The zero-order valence-electron chi connectivity index (χ0n) is 35.8. The number of hydrogen-bond acceptors (Lipinski definition) is 5. The van der Waals surface area contributed by atoms with Crippen molar-refractivity contribution in [2.45, 2.75) is 64.7 Å². The molecule has 0 fully saturated rings. The van der Waals surface area contributed by atoms with Crippen LogP contribution in [0.25, 0.3) is 0 Å². The van der Waals surface area contributed by atoms with Gasteiger partial charge in [0.2, 0.25) is 22.6 Å². The highest BCUT2D eigenvalue weighted by Crippen LogP contribution is 2.48. The Labute approximate surface area is 363 Å². The van der Waals surface area contributed by atoms with Gasteiger partial charge in [0.15, 0.2) is 17.3 Å². The number of allylic oxidation sites excluding steroid dienone is 7. The van der Waals surface area contributed by atoms with Crippen molar-refractivity contribution in [3.63, 3.8) is 0 Å². The van der Waals surface area contributed by atoms with Crippen molar-refractivity contribution in [2.24, 2.45) is 10.9 Å². The van der Waals surface area contributed by atoms with Crippen LogP contribution in [0.15, 0.2) is 149 Å². The Morgan fingerprint density at radius 2 is 1.43 bits per heavy atom. The molecule has 1 atom stereocenters. The van der Waals surface area contributed by atoms with Crippen molar-refractivity contribution in [1.29, 1.82) is 0 Å². The molecule has 4 aromatic carbocycles. The normalized spacial score (nSPS) is 20.8. The molecule has 1 N–H and O–H groups in total. The fraction of sp³-hybridized carbons (Fsp3) is 0.269. The first-order valence-corrected chi connectivity index (χ1v) is 21.3. The molecule has 0 saturated carbocycles. The highest BCUT2D eigenvalue weighted by Gasteiger charge is 2.45. The average Bonchev–Trinajstić information content (AvgIpc) is 3.57. The van der Waals surface area contributed by atoms with E-state index in [2.05, 4.69) is 66.5 Å². The number of aliphatic hydroxyl groups excluding tert-OH is 1. The molecule has 9 heteroatoms. The second kappa shape index (κ2) is 15.9. The summed E-state index contributed by atoms with van der Waals surface area (Å²) >= 11 is 5.44. The third kappa shape index (κ3) is 7.14. The first-order valence-electron chi connectivity index (χ1n) is 20.9. The van der Waals surface area contributed by atoms with Crippen LogP contribution >= 0.6 is 12.2 Å². The van der Waals surface area contributed by atoms with Crippen molar-refractivity contribution >= 4 is 57.8 Å². The van der Waals surface area contributed by atoms with Gasteiger partial charge in [0.05, 0.1) is 5.41 Å². The summed E-state index contributed by atoms with van der Waals surface area (Å²) in [6, 6.07) is 30.5. The quantitative estimate of drug-likeness (QED) is 0.103. The Morgan fingerprint density at radius 3 is 2.05 bits per heavy atom. The van der Waals surface area contributed by atoms with E-state index in [1.807, 2.05) is 118 Å². The maximum absolute atomic E-state index is 14.3. The first-order chi connectivity index (χ1) is 29.1. The Hall–Kier alpha value is -6.32. The summed E-state index contributed by atoms with van der Waals surface area (Å²) in [6.45, 7) is 10.9. The van der Waals surface area contributed by atoms with E-state index in [9.17, 15) is 19.5 Å². The number of benzene rings is 4. The second-order valence-corrected chi connectivity index (χ2v) is 17.6. The van der Waals surface area contributed by atoms with Crippen LogP contribution in [0.4, 0.5) is 11.4 Å². The van der Waals surface area contributed by atoms with Gasteiger partial charge >= 0.3 is 0 Å². The lowest BCUT2D eigenvalue weighted by molar-refractivity contribution is -0.401. The number of carbonyl (C=O) groups excluding carboxylic acids is 3. The molecule has 8 nitrogen and oxygen atoms in total. The van der Waals surface area contributed by atoms with E-state index in [0.717, 1.165) is 57.1 Å². The summed E-state index contributed by atoms with van der Waals surface area (Å²) in [5, 5.41) is 11.6. The van der Waals surface area contributed by atoms with Gasteiger partial charge in [0, 0.05) is 70.4 Å². The molecule has 3 heterocycles. The van der Waals surface area contributed by atoms with E-state index in [-0.39, 0.29) is 28.5 Å². The number of thiocarbonyl (C=S) groups is 1. The zero-order chi connectivity index (χ0) is 43.4. The monoisotopic (exact) mass is 827 g/mol. The van der Waals surface area contributed by atoms with Crippen molar-refractivity contribution < 1.29 is 24.1 Å². The largest absolute Gasteiger partial charge is 0.495 e. The lowest BCUT2D eigenvalue weighted by Gasteiger charge is -2.33. The number of ketones is 2. The standard InChI is InChI=1S/C52H50N4O4S/c1-8-56-49(60)45(48(59)53-50(56)61)44-32(24-28-42-51(2,3)38-30-36(22-26-40(38)54(42)6)46(57)34-16-11-9-12-17-34)20-15-21-33(44)25-29-43-52(4,5)39-31-37(23-27-41(39)55(43)7)47(58)35-18-13-10-14-19-35/h9-14,16-19,22-31,45H,8,15,20-21H2,1-7H3/p+1. The molecule has 308 valence electrons. The summed E-state index contributed by atoms with van der Waals surface area (Å²) in [4.78, 5) is 49.2. The minimum absolute atomic E-state index is 0.0182. The Kier molecular flexibility index (Phi) is 10.8. The Bertz CT molecular complexity index is 2720. The van der Waals surface area contributed by atoms with E-state index in [1.54, 1.807) is 0 Å². The second-order valence-electron chi connectivity index (χ2n) is 17.2. The summed E-state index contributed by atoms with van der Waals surface area (Å²) in [5.74, 6) is -1.64. The average molecular weight is 828 g/mol. The lowest BCUT2D eigenvalue weighted by atomic mass is 9.77. The van der Waals surface area contributed by atoms with Gasteiger partial charge in [-0.05, 0) is 111 Å². The fourth-order valence-corrected chi connectivity index (χ4v) is 9.93. The highest BCUT2D eigenvalue weighted by molar-refractivity contribution is 7.80. The summed E-state index contributed by atoms with van der Waals surface area (Å²) in [5.41, 5.74) is 10.6. The van der Waals surface area contributed by atoms with Crippen LogP contribution in [0.2, 0.25) is 0 Å². The number of hydrogen-bond donors (Lipinski definition) is 1. The van der Waals surface area contributed by atoms with E-state index in [0.29, 0.717) is 41.6 Å². The molecule has 8 rings (SSSR count). The molecule has 0 radical (unpaired) electrons. The van der Waals surface area contributed by atoms with Gasteiger partial charge in [-0.2, -0.15) is 9.57 Å². The van der Waals surface area contributed by atoms with Crippen molar-refractivity contribution in [3.05, 3.63) is 177 Å². The number of nitrogens with zero attached hydrogens (tertiary/aromatic N) is 4. The SMILES string of the molecule is CCN1C(=O)C(C2=C(C=CC3=[N+](C)c4ccc(C(=O)c5ccccc5)cc4C3(C)C)CCCC2=CC=C2N(C)c3ccc(C(=O)c4ccccc4)cc3C2(C)C)C(O)=NC1=S. The minimum atomic E-state index is -1.02. The van der Waals surface area contributed by atoms with Crippen LogP contribution in [0.5, 0.6) is 0 Å². The molecule has 1 unspecified atom stereocenters. The van der Waals surface area contributed by atoms with E-state index < -0.39 is 16.7 Å². The Balaban J connectivity index is 1.19. The third-order valence-corrected chi connectivity index (χ3v) is 13.3. The van der Waals surface area contributed by atoms with Crippen molar-refractivity contribution in [1.82, 2.24) is 4.90 Å². The summed E-state index contributed by atoms with van der Waals surface area (Å²) in [7, 11) is 4.09. The van der Waals surface area contributed by atoms with Crippen LogP contribution in [0.3, 0.4) is 0 Å². The van der Waals surface area contributed by atoms with Gasteiger partial charge in [-0.15, -0.1) is 0 Å². The van der Waals surface area contributed by atoms with Crippen molar-refractivity contribution in [3.8, 4) is 0 Å². The maximum Gasteiger partial charge on any atom is 0.245 e. The van der Waals surface area contributed by atoms with Gasteiger partial charge < -0.3 is 10.0 Å². The molecule has 0 bridgehead atoms. The summed E-state index contributed by atoms with van der Waals surface area (Å²) in [6.07, 6.45) is 10.7. The topological polar surface area (TPSA) is 93.3 Å². The molecular weight excluding hydrogens is 777 g/mol. The molecule has 0 saturated heterocycles. The molecule has 1 aliphatic carbocycles. The van der Waals surface area contributed by atoms with E-state index in [1.165, 1.54) is 4.90 Å². The number of likely N-dealkylation sites (N-methyl/N-ethyl adjacent to an activating group) is 1. The number of anilines is 1. The van der Waals surface area contributed by atoms with E-state index in [4.69, 9.17) is 12.2 Å². The molecular formula is C52H51N4O4S+. The predicted molar refractivity (Wildman–Crippen MR) is 248 cm³/mol. The van der Waals surface area contributed by atoms with Gasteiger partial charge in [0.1, 0.15) is 13.0 Å². The van der Waals surface area contributed by atoms with Crippen LogP contribution in [-0.4, -0.2) is 69.4 Å².